The molecule has 1 aromatic heterocycles. The number of aromatic nitrogens is 1. The van der Waals surface area contributed by atoms with E-state index >= 15 is 0 Å². The summed E-state index contributed by atoms with van der Waals surface area (Å²) in [6.45, 7) is 5.85. The lowest BCUT2D eigenvalue weighted by atomic mass is 9.97. The molecule has 0 aliphatic heterocycles. The van der Waals surface area contributed by atoms with Crippen LogP contribution in [0.2, 0.25) is 0 Å². The van der Waals surface area contributed by atoms with Gasteiger partial charge in [0, 0.05) is 10.9 Å². The Morgan fingerprint density at radius 3 is 2.47 bits per heavy atom. The summed E-state index contributed by atoms with van der Waals surface area (Å²) in [5, 5.41) is 12.0. The van der Waals surface area contributed by atoms with Gasteiger partial charge in [0.15, 0.2) is 0 Å². The van der Waals surface area contributed by atoms with E-state index in [9.17, 15) is 0 Å². The van der Waals surface area contributed by atoms with Crippen LogP contribution >= 0.6 is 11.3 Å². The van der Waals surface area contributed by atoms with E-state index in [2.05, 4.69) is 42.2 Å². The molecule has 0 saturated carbocycles. The maximum Gasteiger partial charge on any atom is 0.113 e. The van der Waals surface area contributed by atoms with Gasteiger partial charge in [-0.15, -0.1) is 11.3 Å². The van der Waals surface area contributed by atoms with Crippen molar-refractivity contribution >= 4 is 11.3 Å². The number of rotatable bonds is 2. The number of aryl methyl sites for hydroxylation is 1. The average Bonchev–Trinajstić information content (AvgIpc) is 2.80. The molecule has 1 heterocycles. The van der Waals surface area contributed by atoms with Gasteiger partial charge in [-0.25, -0.2) is 4.98 Å². The van der Waals surface area contributed by atoms with Crippen LogP contribution in [-0.2, 0) is 5.41 Å². The van der Waals surface area contributed by atoms with Crippen molar-refractivity contribution in [3.05, 3.63) is 40.2 Å². The molecule has 0 radical (unpaired) electrons. The fraction of sp³-hybridized carbons (Fsp3) is 0.286. The largest absolute Gasteiger partial charge is 0.240 e. The van der Waals surface area contributed by atoms with Crippen LogP contribution in [0.15, 0.2) is 29.6 Å². The summed E-state index contributed by atoms with van der Waals surface area (Å²) in [4.78, 5) is 4.55. The molecule has 2 aromatic rings. The van der Waals surface area contributed by atoms with Crippen LogP contribution in [0.3, 0.4) is 0 Å². The minimum atomic E-state index is -0.506. The second kappa shape index (κ2) is 4.31. The van der Waals surface area contributed by atoms with Crippen molar-refractivity contribution in [1.82, 2.24) is 4.98 Å². The third-order valence-corrected chi connectivity index (χ3v) is 3.83. The summed E-state index contributed by atoms with van der Waals surface area (Å²) >= 11 is 1.55. The molecule has 86 valence electrons. The van der Waals surface area contributed by atoms with Gasteiger partial charge in [-0.3, -0.25) is 0 Å². The first-order chi connectivity index (χ1) is 8.03. The summed E-state index contributed by atoms with van der Waals surface area (Å²) in [6, 6.07) is 10.6. The Morgan fingerprint density at radius 1 is 1.24 bits per heavy atom. The summed E-state index contributed by atoms with van der Waals surface area (Å²) < 4.78 is 0. The van der Waals surface area contributed by atoms with Crippen LogP contribution in [0.1, 0.15) is 24.4 Å². The second-order valence-electron chi connectivity index (χ2n) is 4.64. The van der Waals surface area contributed by atoms with Gasteiger partial charge < -0.3 is 0 Å². The van der Waals surface area contributed by atoms with Crippen LogP contribution < -0.4 is 0 Å². The van der Waals surface area contributed by atoms with Gasteiger partial charge in [-0.2, -0.15) is 5.26 Å². The first-order valence-corrected chi connectivity index (χ1v) is 6.35. The van der Waals surface area contributed by atoms with Gasteiger partial charge >= 0.3 is 0 Å². The van der Waals surface area contributed by atoms with E-state index in [4.69, 9.17) is 5.26 Å². The van der Waals surface area contributed by atoms with E-state index in [1.54, 1.807) is 11.3 Å². The molecular weight excluding hydrogens is 228 g/mol. The summed E-state index contributed by atoms with van der Waals surface area (Å²) in [7, 11) is 0. The smallest absolute Gasteiger partial charge is 0.113 e. The Balaban J connectivity index is 2.37. The van der Waals surface area contributed by atoms with E-state index in [0.717, 1.165) is 16.3 Å². The maximum absolute atomic E-state index is 9.08. The number of nitriles is 1. The zero-order valence-electron chi connectivity index (χ0n) is 10.2. The lowest BCUT2D eigenvalue weighted by Gasteiger charge is -2.09. The molecule has 0 unspecified atom stereocenters. The average molecular weight is 242 g/mol. The van der Waals surface area contributed by atoms with Crippen LogP contribution in [0.25, 0.3) is 11.3 Å². The molecule has 0 fully saturated rings. The van der Waals surface area contributed by atoms with Gasteiger partial charge in [-0.1, -0.05) is 29.8 Å². The van der Waals surface area contributed by atoms with Crippen LogP contribution in [0, 0.1) is 18.3 Å². The molecule has 0 atom stereocenters. The topological polar surface area (TPSA) is 36.7 Å². The molecule has 0 amide bonds. The highest BCUT2D eigenvalue weighted by molar-refractivity contribution is 7.10. The standard InChI is InChI=1S/C14H14N2S/c1-10-4-6-11(7-5-10)12-8-17-13(16-12)14(2,3)9-15/h4-8H,1-3H3. The molecule has 0 N–H and O–H groups in total. The normalized spacial score (nSPS) is 11.2. The Hall–Kier alpha value is -1.66. The van der Waals surface area contributed by atoms with E-state index in [-0.39, 0.29) is 0 Å². The van der Waals surface area contributed by atoms with Gasteiger partial charge in [0.1, 0.15) is 10.4 Å². The fourth-order valence-electron chi connectivity index (χ4n) is 1.47. The lowest BCUT2D eigenvalue weighted by molar-refractivity contribution is 0.680. The molecule has 1 aromatic carbocycles. The fourth-order valence-corrected chi connectivity index (χ4v) is 2.37. The Labute approximate surface area is 106 Å². The van der Waals surface area contributed by atoms with Gasteiger partial charge in [-0.05, 0) is 20.8 Å². The first kappa shape index (κ1) is 11.8. The minimum Gasteiger partial charge on any atom is -0.240 e. The van der Waals surface area contributed by atoms with E-state index in [1.165, 1.54) is 5.56 Å². The van der Waals surface area contributed by atoms with Crippen molar-refractivity contribution in [2.24, 2.45) is 0 Å². The van der Waals surface area contributed by atoms with Crippen molar-refractivity contribution in [3.8, 4) is 17.3 Å². The predicted octanol–water partition coefficient (Wildman–Crippen LogP) is 3.92. The van der Waals surface area contributed by atoms with E-state index in [1.807, 2.05) is 19.2 Å². The van der Waals surface area contributed by atoms with Gasteiger partial charge in [0.05, 0.1) is 11.8 Å². The zero-order chi connectivity index (χ0) is 12.5. The molecule has 3 heteroatoms. The molecule has 0 saturated heterocycles. The Bertz CT molecular complexity index is 559. The highest BCUT2D eigenvalue weighted by atomic mass is 32.1. The molecular formula is C14H14N2S. The van der Waals surface area contributed by atoms with Crippen molar-refractivity contribution in [2.45, 2.75) is 26.2 Å². The lowest BCUT2D eigenvalue weighted by Crippen LogP contribution is -2.13. The third-order valence-electron chi connectivity index (χ3n) is 2.67. The first-order valence-electron chi connectivity index (χ1n) is 5.47. The number of nitrogens with zero attached hydrogens (tertiary/aromatic N) is 2. The molecule has 2 nitrogen and oxygen atoms in total. The predicted molar refractivity (Wildman–Crippen MR) is 70.9 cm³/mol. The van der Waals surface area contributed by atoms with Crippen LogP contribution in [0.4, 0.5) is 0 Å². The van der Waals surface area contributed by atoms with E-state index < -0.39 is 5.41 Å². The van der Waals surface area contributed by atoms with E-state index in [0.29, 0.717) is 0 Å². The van der Waals surface area contributed by atoms with Gasteiger partial charge in [0.2, 0.25) is 0 Å². The zero-order valence-corrected chi connectivity index (χ0v) is 11.0. The van der Waals surface area contributed by atoms with Crippen molar-refractivity contribution in [1.29, 1.82) is 5.26 Å². The van der Waals surface area contributed by atoms with Gasteiger partial charge in [0.25, 0.3) is 0 Å². The molecule has 17 heavy (non-hydrogen) atoms. The summed E-state index contributed by atoms with van der Waals surface area (Å²) in [5.74, 6) is 0. The SMILES string of the molecule is Cc1ccc(-c2csc(C(C)(C)C#N)n2)cc1. The van der Waals surface area contributed by atoms with Crippen molar-refractivity contribution in [3.63, 3.8) is 0 Å². The Morgan fingerprint density at radius 2 is 1.88 bits per heavy atom. The second-order valence-corrected chi connectivity index (χ2v) is 5.50. The highest BCUT2D eigenvalue weighted by Crippen LogP contribution is 2.29. The van der Waals surface area contributed by atoms with Crippen molar-refractivity contribution in [2.75, 3.05) is 0 Å². The molecule has 0 aliphatic rings. The number of thiazole rings is 1. The quantitative estimate of drug-likeness (QED) is 0.800. The molecule has 0 spiro atoms. The highest BCUT2D eigenvalue weighted by Gasteiger charge is 2.23. The minimum absolute atomic E-state index is 0.506. The summed E-state index contributed by atoms with van der Waals surface area (Å²) in [5.41, 5.74) is 2.79. The number of benzene rings is 1. The third kappa shape index (κ3) is 2.37. The maximum atomic E-state index is 9.08. The van der Waals surface area contributed by atoms with Crippen molar-refractivity contribution < 1.29 is 0 Å². The molecule has 2 rings (SSSR count). The summed E-state index contributed by atoms with van der Waals surface area (Å²) in [6.07, 6.45) is 0. The molecule has 0 aliphatic carbocycles. The van der Waals surface area contributed by atoms with Crippen LogP contribution in [-0.4, -0.2) is 4.98 Å². The number of hydrogen-bond acceptors (Lipinski definition) is 3. The monoisotopic (exact) mass is 242 g/mol. The van der Waals surface area contributed by atoms with Crippen LogP contribution in [0.5, 0.6) is 0 Å². The Kier molecular flexibility index (Phi) is 2.99. The molecule has 0 bridgehead atoms. The number of hydrogen-bond donors (Lipinski definition) is 0.